The Labute approximate surface area is 126 Å². The SMILES string of the molecule is CC[C@@H](C)NC(=O)C1(c2ccc(OC)cc2)CCOCC1. The lowest BCUT2D eigenvalue weighted by Gasteiger charge is -2.37. The van der Waals surface area contributed by atoms with Crippen molar-refractivity contribution in [1.29, 1.82) is 0 Å². The molecule has 1 fully saturated rings. The summed E-state index contributed by atoms with van der Waals surface area (Å²) in [5.74, 6) is 0.925. The molecule has 0 saturated carbocycles. The van der Waals surface area contributed by atoms with Gasteiger partial charge in [-0.25, -0.2) is 0 Å². The Morgan fingerprint density at radius 2 is 1.95 bits per heavy atom. The summed E-state index contributed by atoms with van der Waals surface area (Å²) in [6.07, 6.45) is 2.38. The van der Waals surface area contributed by atoms with Crippen LogP contribution in [0.5, 0.6) is 5.75 Å². The third kappa shape index (κ3) is 3.38. The van der Waals surface area contributed by atoms with Gasteiger partial charge in [0.2, 0.25) is 5.91 Å². The number of rotatable bonds is 5. The van der Waals surface area contributed by atoms with Crippen LogP contribution in [0.1, 0.15) is 38.7 Å². The van der Waals surface area contributed by atoms with E-state index in [4.69, 9.17) is 9.47 Å². The van der Waals surface area contributed by atoms with Crippen LogP contribution in [0.25, 0.3) is 0 Å². The number of methoxy groups -OCH3 is 1. The molecular weight excluding hydrogens is 266 g/mol. The molecule has 1 aromatic rings. The van der Waals surface area contributed by atoms with Crippen LogP contribution in [0.3, 0.4) is 0 Å². The van der Waals surface area contributed by atoms with Crippen LogP contribution in [0.4, 0.5) is 0 Å². The molecule has 116 valence electrons. The third-order valence-corrected chi connectivity index (χ3v) is 4.41. The summed E-state index contributed by atoms with van der Waals surface area (Å²) in [4.78, 5) is 12.8. The number of benzene rings is 1. The molecule has 1 atom stereocenters. The highest BCUT2D eigenvalue weighted by Gasteiger charge is 2.41. The fourth-order valence-electron chi connectivity index (χ4n) is 2.74. The van der Waals surface area contributed by atoms with Crippen molar-refractivity contribution in [1.82, 2.24) is 5.32 Å². The standard InChI is InChI=1S/C17H25NO3/c1-4-13(2)18-16(19)17(9-11-21-12-10-17)14-5-7-15(20-3)8-6-14/h5-8,13H,4,9-12H2,1-3H3,(H,18,19)/t13-/m1/s1. The lowest BCUT2D eigenvalue weighted by molar-refractivity contribution is -0.131. The van der Waals surface area contributed by atoms with Gasteiger partial charge < -0.3 is 14.8 Å². The second kappa shape index (κ2) is 6.94. The summed E-state index contributed by atoms with van der Waals surface area (Å²) in [5.41, 5.74) is 0.570. The molecule has 0 aliphatic carbocycles. The van der Waals surface area contributed by atoms with Crippen molar-refractivity contribution in [2.75, 3.05) is 20.3 Å². The third-order valence-electron chi connectivity index (χ3n) is 4.41. The van der Waals surface area contributed by atoms with E-state index in [0.717, 1.165) is 30.6 Å². The van der Waals surface area contributed by atoms with Crippen LogP contribution < -0.4 is 10.1 Å². The number of carbonyl (C=O) groups excluding carboxylic acids is 1. The topological polar surface area (TPSA) is 47.6 Å². The van der Waals surface area contributed by atoms with Crippen molar-refractivity contribution in [2.24, 2.45) is 0 Å². The number of hydrogen-bond acceptors (Lipinski definition) is 3. The van der Waals surface area contributed by atoms with E-state index < -0.39 is 5.41 Å². The van der Waals surface area contributed by atoms with Crippen molar-refractivity contribution >= 4 is 5.91 Å². The number of hydrogen-bond donors (Lipinski definition) is 1. The molecule has 1 heterocycles. The Balaban J connectivity index is 2.29. The molecule has 0 aromatic heterocycles. The van der Waals surface area contributed by atoms with Gasteiger partial charge >= 0.3 is 0 Å². The molecule has 1 amide bonds. The van der Waals surface area contributed by atoms with Gasteiger partial charge in [0.15, 0.2) is 0 Å². The number of amides is 1. The van der Waals surface area contributed by atoms with E-state index >= 15 is 0 Å². The molecule has 2 rings (SSSR count). The molecule has 21 heavy (non-hydrogen) atoms. The summed E-state index contributed by atoms with van der Waals surface area (Å²) in [7, 11) is 1.65. The minimum atomic E-state index is -0.478. The van der Waals surface area contributed by atoms with Gasteiger partial charge in [0.05, 0.1) is 12.5 Å². The first-order valence-corrected chi connectivity index (χ1v) is 7.65. The highest BCUT2D eigenvalue weighted by molar-refractivity contribution is 5.88. The highest BCUT2D eigenvalue weighted by Crippen LogP contribution is 2.36. The van der Waals surface area contributed by atoms with Crippen LogP contribution in [-0.4, -0.2) is 32.3 Å². The Bertz CT molecular complexity index is 463. The Morgan fingerprint density at radius 1 is 1.33 bits per heavy atom. The fraction of sp³-hybridized carbons (Fsp3) is 0.588. The minimum absolute atomic E-state index is 0.116. The normalized spacial score (nSPS) is 18.8. The Hall–Kier alpha value is -1.55. The molecule has 0 radical (unpaired) electrons. The van der Waals surface area contributed by atoms with Gasteiger partial charge in [0.1, 0.15) is 5.75 Å². The number of ether oxygens (including phenoxy) is 2. The molecule has 4 nitrogen and oxygen atoms in total. The summed E-state index contributed by atoms with van der Waals surface area (Å²) in [6.45, 7) is 5.37. The zero-order valence-electron chi connectivity index (χ0n) is 13.1. The molecule has 0 bridgehead atoms. The first-order chi connectivity index (χ1) is 10.1. The van der Waals surface area contributed by atoms with Crippen molar-refractivity contribution in [3.63, 3.8) is 0 Å². The van der Waals surface area contributed by atoms with E-state index in [1.54, 1.807) is 7.11 Å². The maximum Gasteiger partial charge on any atom is 0.231 e. The fourth-order valence-corrected chi connectivity index (χ4v) is 2.74. The first kappa shape index (κ1) is 15.8. The molecule has 1 aromatic carbocycles. The van der Waals surface area contributed by atoms with E-state index in [0.29, 0.717) is 13.2 Å². The van der Waals surface area contributed by atoms with Crippen molar-refractivity contribution in [3.8, 4) is 5.75 Å². The quantitative estimate of drug-likeness (QED) is 0.907. The first-order valence-electron chi connectivity index (χ1n) is 7.65. The maximum atomic E-state index is 12.8. The summed E-state index contributed by atoms with van der Waals surface area (Å²) in [5, 5.41) is 3.14. The highest BCUT2D eigenvalue weighted by atomic mass is 16.5. The second-order valence-electron chi connectivity index (χ2n) is 5.71. The number of carbonyl (C=O) groups is 1. The van der Waals surface area contributed by atoms with Gasteiger partial charge in [-0.2, -0.15) is 0 Å². The average Bonchev–Trinajstić information content (AvgIpc) is 2.55. The van der Waals surface area contributed by atoms with Gasteiger partial charge in [-0.05, 0) is 43.9 Å². The summed E-state index contributed by atoms with van der Waals surface area (Å²) < 4.78 is 10.7. The van der Waals surface area contributed by atoms with Crippen LogP contribution in [0, 0.1) is 0 Å². The zero-order chi connectivity index (χ0) is 15.3. The van der Waals surface area contributed by atoms with E-state index in [1.807, 2.05) is 31.2 Å². The lowest BCUT2D eigenvalue weighted by atomic mass is 9.73. The van der Waals surface area contributed by atoms with Crippen LogP contribution in [0.15, 0.2) is 24.3 Å². The van der Waals surface area contributed by atoms with Gasteiger partial charge in [0, 0.05) is 19.3 Å². The van der Waals surface area contributed by atoms with Crippen molar-refractivity contribution < 1.29 is 14.3 Å². The summed E-state index contributed by atoms with van der Waals surface area (Å²) in [6, 6.07) is 8.03. The van der Waals surface area contributed by atoms with E-state index in [1.165, 1.54) is 0 Å². The second-order valence-corrected chi connectivity index (χ2v) is 5.71. The maximum absolute atomic E-state index is 12.8. The van der Waals surface area contributed by atoms with Crippen LogP contribution >= 0.6 is 0 Å². The van der Waals surface area contributed by atoms with Gasteiger partial charge in [-0.3, -0.25) is 4.79 Å². The van der Waals surface area contributed by atoms with Gasteiger partial charge in [0.25, 0.3) is 0 Å². The van der Waals surface area contributed by atoms with Gasteiger partial charge in [-0.1, -0.05) is 19.1 Å². The van der Waals surface area contributed by atoms with E-state index in [9.17, 15) is 4.79 Å². The average molecular weight is 291 g/mol. The molecular formula is C17H25NO3. The number of nitrogens with one attached hydrogen (secondary N) is 1. The molecule has 0 spiro atoms. The Kier molecular flexibility index (Phi) is 5.23. The predicted octanol–water partition coefficient (Wildman–Crippen LogP) is 2.66. The Morgan fingerprint density at radius 3 is 2.48 bits per heavy atom. The molecule has 0 unspecified atom stereocenters. The minimum Gasteiger partial charge on any atom is -0.497 e. The van der Waals surface area contributed by atoms with Crippen molar-refractivity contribution in [3.05, 3.63) is 29.8 Å². The van der Waals surface area contributed by atoms with Gasteiger partial charge in [-0.15, -0.1) is 0 Å². The van der Waals surface area contributed by atoms with E-state index in [2.05, 4.69) is 12.2 Å². The molecule has 1 aliphatic rings. The molecule has 1 saturated heterocycles. The molecule has 4 heteroatoms. The largest absolute Gasteiger partial charge is 0.497 e. The van der Waals surface area contributed by atoms with Crippen LogP contribution in [-0.2, 0) is 14.9 Å². The lowest BCUT2D eigenvalue weighted by Crippen LogP contribution is -2.50. The predicted molar refractivity (Wildman–Crippen MR) is 82.6 cm³/mol. The molecule has 1 aliphatic heterocycles. The van der Waals surface area contributed by atoms with Crippen molar-refractivity contribution in [2.45, 2.75) is 44.6 Å². The summed E-state index contributed by atoms with van der Waals surface area (Å²) >= 11 is 0. The zero-order valence-corrected chi connectivity index (χ0v) is 13.1. The monoisotopic (exact) mass is 291 g/mol. The van der Waals surface area contributed by atoms with E-state index in [-0.39, 0.29) is 11.9 Å². The molecule has 1 N–H and O–H groups in total. The van der Waals surface area contributed by atoms with Crippen LogP contribution in [0.2, 0.25) is 0 Å². The smallest absolute Gasteiger partial charge is 0.231 e.